The molecule has 3 heterocycles. The number of anilines is 1. The van der Waals surface area contributed by atoms with E-state index in [9.17, 15) is 4.79 Å². The maximum atomic E-state index is 12.5. The number of nitrogens with zero attached hydrogens (tertiary/aromatic N) is 4. The fraction of sp³-hybridized carbons (Fsp3) is 0.526. The van der Waals surface area contributed by atoms with Crippen LogP contribution in [0.25, 0.3) is 0 Å². The zero-order valence-corrected chi connectivity index (χ0v) is 15.8. The summed E-state index contributed by atoms with van der Waals surface area (Å²) < 4.78 is 0. The lowest BCUT2D eigenvalue weighted by atomic mass is 9.95. The molecule has 1 amide bonds. The highest BCUT2D eigenvalue weighted by atomic mass is 32.1. The van der Waals surface area contributed by atoms with Gasteiger partial charge < -0.3 is 9.80 Å². The van der Waals surface area contributed by atoms with Gasteiger partial charge in [0.15, 0.2) is 0 Å². The van der Waals surface area contributed by atoms with Crippen LogP contribution in [0.1, 0.15) is 29.8 Å². The van der Waals surface area contributed by atoms with Gasteiger partial charge in [-0.15, -0.1) is 11.3 Å². The second-order valence-electron chi connectivity index (χ2n) is 6.90. The van der Waals surface area contributed by atoms with Crippen molar-refractivity contribution < 1.29 is 4.79 Å². The third kappa shape index (κ3) is 5.01. The maximum absolute atomic E-state index is 12.5. The van der Waals surface area contributed by atoms with Crippen molar-refractivity contribution >= 4 is 23.1 Å². The molecule has 1 fully saturated rings. The number of thiophene rings is 1. The highest BCUT2D eigenvalue weighted by molar-refractivity contribution is 7.10. The summed E-state index contributed by atoms with van der Waals surface area (Å²) in [6.45, 7) is 1.74. The summed E-state index contributed by atoms with van der Waals surface area (Å²) in [6, 6.07) is 4.05. The monoisotopic (exact) mass is 358 g/mol. The number of rotatable bonds is 5. The first-order chi connectivity index (χ1) is 12.1. The van der Waals surface area contributed by atoms with Crippen LogP contribution in [0, 0.1) is 5.92 Å². The standard InChI is InChI=1S/C19H26N4OS/c1-22(2)18-14-20-16(13-21-18)11-15-5-3-8-23(9-7-15)19(24)12-17-6-4-10-25-17/h4,6,10,13-15H,3,5,7-9,11-12H2,1-2H3/t15-/m0/s1. The smallest absolute Gasteiger partial charge is 0.227 e. The molecule has 1 aliphatic heterocycles. The summed E-state index contributed by atoms with van der Waals surface area (Å²) >= 11 is 1.66. The van der Waals surface area contributed by atoms with Gasteiger partial charge in [0.1, 0.15) is 5.82 Å². The van der Waals surface area contributed by atoms with Crippen LogP contribution in [-0.4, -0.2) is 48.0 Å². The van der Waals surface area contributed by atoms with Crippen LogP contribution in [0.5, 0.6) is 0 Å². The second-order valence-corrected chi connectivity index (χ2v) is 7.93. The van der Waals surface area contributed by atoms with E-state index in [0.29, 0.717) is 12.3 Å². The first-order valence-corrected chi connectivity index (χ1v) is 9.78. The van der Waals surface area contributed by atoms with Gasteiger partial charge in [0, 0.05) is 32.1 Å². The number of carbonyl (C=O) groups is 1. The van der Waals surface area contributed by atoms with E-state index in [2.05, 4.69) is 9.97 Å². The topological polar surface area (TPSA) is 49.3 Å². The quantitative estimate of drug-likeness (QED) is 0.824. The van der Waals surface area contributed by atoms with Crippen LogP contribution >= 0.6 is 11.3 Å². The lowest BCUT2D eigenvalue weighted by Crippen LogP contribution is -2.33. The van der Waals surface area contributed by atoms with Crippen molar-refractivity contribution in [3.05, 3.63) is 40.5 Å². The Morgan fingerprint density at radius 2 is 2.16 bits per heavy atom. The van der Waals surface area contributed by atoms with Crippen LogP contribution in [0.2, 0.25) is 0 Å². The number of aromatic nitrogens is 2. The molecule has 134 valence electrons. The fourth-order valence-electron chi connectivity index (χ4n) is 3.27. The third-order valence-electron chi connectivity index (χ3n) is 4.75. The molecule has 5 nitrogen and oxygen atoms in total. The Morgan fingerprint density at radius 3 is 2.84 bits per heavy atom. The van der Waals surface area contributed by atoms with Gasteiger partial charge in [-0.05, 0) is 43.0 Å². The minimum absolute atomic E-state index is 0.262. The van der Waals surface area contributed by atoms with E-state index in [4.69, 9.17) is 0 Å². The van der Waals surface area contributed by atoms with Gasteiger partial charge in [-0.25, -0.2) is 4.98 Å². The molecule has 0 radical (unpaired) electrons. The molecule has 0 spiro atoms. The highest BCUT2D eigenvalue weighted by Gasteiger charge is 2.21. The Balaban J connectivity index is 1.51. The largest absolute Gasteiger partial charge is 0.361 e. The van der Waals surface area contributed by atoms with E-state index in [1.165, 1.54) is 0 Å². The molecular weight excluding hydrogens is 332 g/mol. The van der Waals surface area contributed by atoms with Crippen LogP contribution in [0.4, 0.5) is 5.82 Å². The maximum Gasteiger partial charge on any atom is 0.227 e. The summed E-state index contributed by atoms with van der Waals surface area (Å²) in [5, 5.41) is 2.03. The predicted molar refractivity (Wildman–Crippen MR) is 102 cm³/mol. The molecule has 0 aliphatic carbocycles. The van der Waals surface area contributed by atoms with Crippen LogP contribution < -0.4 is 4.90 Å². The van der Waals surface area contributed by atoms with Crippen molar-refractivity contribution in [2.45, 2.75) is 32.1 Å². The number of hydrogen-bond donors (Lipinski definition) is 0. The molecule has 6 heteroatoms. The Kier molecular flexibility index (Phi) is 6.02. The van der Waals surface area contributed by atoms with Gasteiger partial charge >= 0.3 is 0 Å². The molecule has 0 unspecified atom stereocenters. The van der Waals surface area contributed by atoms with Crippen molar-refractivity contribution in [3.63, 3.8) is 0 Å². The predicted octanol–water partition coefficient (Wildman–Crippen LogP) is 3.02. The zero-order valence-electron chi connectivity index (χ0n) is 15.0. The Labute approximate surface area is 153 Å². The molecule has 0 aromatic carbocycles. The summed E-state index contributed by atoms with van der Waals surface area (Å²) in [4.78, 5) is 26.6. The number of amides is 1. The van der Waals surface area contributed by atoms with Crippen molar-refractivity contribution in [1.82, 2.24) is 14.9 Å². The van der Waals surface area contributed by atoms with E-state index in [1.807, 2.05) is 53.8 Å². The minimum Gasteiger partial charge on any atom is -0.361 e. The lowest BCUT2D eigenvalue weighted by Gasteiger charge is -2.20. The lowest BCUT2D eigenvalue weighted by molar-refractivity contribution is -0.130. The van der Waals surface area contributed by atoms with Crippen molar-refractivity contribution in [2.24, 2.45) is 5.92 Å². The van der Waals surface area contributed by atoms with E-state index < -0.39 is 0 Å². The van der Waals surface area contributed by atoms with E-state index >= 15 is 0 Å². The average Bonchev–Trinajstić information content (AvgIpc) is 2.99. The molecular formula is C19H26N4OS. The Hall–Kier alpha value is -1.95. The number of carbonyl (C=O) groups excluding carboxylic acids is 1. The molecule has 2 aromatic rings. The molecule has 3 rings (SSSR count). The van der Waals surface area contributed by atoms with Gasteiger partial charge in [-0.3, -0.25) is 9.78 Å². The summed E-state index contributed by atoms with van der Waals surface area (Å²) in [7, 11) is 3.94. The van der Waals surface area contributed by atoms with Crippen LogP contribution in [0.15, 0.2) is 29.9 Å². The normalized spacial score (nSPS) is 18.0. The molecule has 25 heavy (non-hydrogen) atoms. The minimum atomic E-state index is 0.262. The van der Waals surface area contributed by atoms with Crippen molar-refractivity contribution in [2.75, 3.05) is 32.1 Å². The molecule has 1 atom stereocenters. The first kappa shape index (κ1) is 17.9. The van der Waals surface area contributed by atoms with E-state index in [1.54, 1.807) is 11.3 Å². The van der Waals surface area contributed by atoms with Gasteiger partial charge in [-0.1, -0.05) is 6.07 Å². The van der Waals surface area contributed by atoms with E-state index in [-0.39, 0.29) is 5.91 Å². The second kappa shape index (κ2) is 8.43. The van der Waals surface area contributed by atoms with Gasteiger partial charge in [0.05, 0.1) is 24.5 Å². The third-order valence-corrected chi connectivity index (χ3v) is 5.63. The van der Waals surface area contributed by atoms with Crippen molar-refractivity contribution in [1.29, 1.82) is 0 Å². The summed E-state index contributed by atoms with van der Waals surface area (Å²) in [5.74, 6) is 1.73. The van der Waals surface area contributed by atoms with E-state index in [0.717, 1.165) is 55.2 Å². The molecule has 0 saturated carbocycles. The molecule has 2 aromatic heterocycles. The Bertz CT molecular complexity index is 669. The van der Waals surface area contributed by atoms with Crippen LogP contribution in [0.3, 0.4) is 0 Å². The van der Waals surface area contributed by atoms with Gasteiger partial charge in [0.25, 0.3) is 0 Å². The Morgan fingerprint density at radius 1 is 1.28 bits per heavy atom. The van der Waals surface area contributed by atoms with Gasteiger partial charge in [0.2, 0.25) is 5.91 Å². The van der Waals surface area contributed by atoms with Gasteiger partial charge in [-0.2, -0.15) is 0 Å². The average molecular weight is 359 g/mol. The molecule has 1 aliphatic rings. The van der Waals surface area contributed by atoms with Crippen molar-refractivity contribution in [3.8, 4) is 0 Å². The molecule has 0 N–H and O–H groups in total. The highest BCUT2D eigenvalue weighted by Crippen LogP contribution is 2.22. The molecule has 1 saturated heterocycles. The SMILES string of the molecule is CN(C)c1cnc(C[C@H]2CCCN(C(=O)Cc3cccs3)CC2)cn1. The van der Waals surface area contributed by atoms with Crippen LogP contribution in [-0.2, 0) is 17.6 Å². The summed E-state index contributed by atoms with van der Waals surface area (Å²) in [6.07, 6.45) is 8.49. The fourth-order valence-corrected chi connectivity index (χ4v) is 3.97. The number of hydrogen-bond acceptors (Lipinski definition) is 5. The summed E-state index contributed by atoms with van der Waals surface area (Å²) in [5.41, 5.74) is 1.05. The molecule has 0 bridgehead atoms. The first-order valence-electron chi connectivity index (χ1n) is 8.90. The zero-order chi connectivity index (χ0) is 17.6. The number of likely N-dealkylation sites (tertiary alicyclic amines) is 1.